The zero-order valence-corrected chi connectivity index (χ0v) is 51.7. The van der Waals surface area contributed by atoms with Crippen molar-refractivity contribution in [2.75, 3.05) is 185 Å². The maximum Gasteiger partial charge on any atom is 0.335 e. The Kier molecular flexibility index (Phi) is 40.7. The number of rotatable bonds is 52. The number of hydrogen-bond donors (Lipinski definition) is 11. The summed E-state index contributed by atoms with van der Waals surface area (Å²) in [6, 6.07) is 11.1. The molecule has 0 aromatic heterocycles. The van der Waals surface area contributed by atoms with Gasteiger partial charge >= 0.3 is 5.97 Å². The zero-order valence-electron chi connectivity index (χ0n) is 51.7. The molecule has 2 aromatic rings. The van der Waals surface area contributed by atoms with Crippen LogP contribution in [0.1, 0.15) is 37.0 Å². The highest BCUT2D eigenvalue weighted by molar-refractivity contribution is 5.90. The lowest BCUT2D eigenvalue weighted by atomic mass is 10.0. The van der Waals surface area contributed by atoms with Crippen LogP contribution in [0.15, 0.2) is 42.5 Å². The number of carboxylic acid groups (broad SMARTS) is 1. The van der Waals surface area contributed by atoms with E-state index in [0.717, 1.165) is 0 Å². The van der Waals surface area contributed by atoms with Gasteiger partial charge in [0.05, 0.1) is 163 Å². The van der Waals surface area contributed by atoms with Crippen molar-refractivity contribution < 1.29 is 136 Å². The maximum absolute atomic E-state index is 12.5. The second-order valence-corrected chi connectivity index (χ2v) is 20.3. The van der Waals surface area contributed by atoms with E-state index in [2.05, 4.69) is 21.3 Å². The van der Waals surface area contributed by atoms with Crippen LogP contribution < -0.4 is 30.7 Å². The van der Waals surface area contributed by atoms with E-state index in [1.54, 1.807) is 44.2 Å². The fourth-order valence-electron chi connectivity index (χ4n) is 8.15. The van der Waals surface area contributed by atoms with Crippen LogP contribution in [0.5, 0.6) is 11.5 Å². The van der Waals surface area contributed by atoms with Crippen LogP contribution in [0, 0.1) is 0 Å². The molecule has 0 bridgehead atoms. The molecule has 2 fully saturated rings. The van der Waals surface area contributed by atoms with Gasteiger partial charge in [-0.15, -0.1) is 0 Å². The van der Waals surface area contributed by atoms with Crippen molar-refractivity contribution in [3.05, 3.63) is 48.0 Å². The van der Waals surface area contributed by atoms with E-state index in [1.807, 2.05) is 0 Å². The molecule has 32 heteroatoms. The van der Waals surface area contributed by atoms with Gasteiger partial charge in [0.15, 0.2) is 25.8 Å². The fourth-order valence-corrected chi connectivity index (χ4v) is 8.15. The van der Waals surface area contributed by atoms with Crippen molar-refractivity contribution in [3.8, 4) is 22.6 Å². The average molecular weight is 1310 g/mol. The highest BCUT2D eigenvalue weighted by Gasteiger charge is 2.43. The Labute approximate surface area is 528 Å². The third-order valence-corrected chi connectivity index (χ3v) is 13.2. The molecule has 2 aromatic carbocycles. The molecule has 0 spiro atoms. The number of hydrogen-bond acceptors (Lipinski definition) is 27. The summed E-state index contributed by atoms with van der Waals surface area (Å²) in [5.41, 5.74) is 1.10. The predicted octanol–water partition coefficient (Wildman–Crippen LogP) is -3.09. The molecular formula is C59H94N4O28. The van der Waals surface area contributed by atoms with E-state index in [-0.39, 0.29) is 154 Å². The Balaban J connectivity index is 0.889. The van der Waals surface area contributed by atoms with Gasteiger partial charge < -0.3 is 133 Å². The lowest BCUT2D eigenvalue weighted by Gasteiger charge is -2.38. The molecule has 0 saturated carbocycles. The van der Waals surface area contributed by atoms with Crippen LogP contribution in [0.2, 0.25) is 0 Å². The number of aromatic carboxylic acids is 1. The molecule has 10 atom stereocenters. The van der Waals surface area contributed by atoms with Gasteiger partial charge in [0.1, 0.15) is 48.1 Å². The van der Waals surface area contributed by atoms with Crippen molar-refractivity contribution in [2.45, 2.75) is 88.1 Å². The van der Waals surface area contributed by atoms with Gasteiger partial charge in [-0.05, 0) is 55.3 Å². The van der Waals surface area contributed by atoms with Gasteiger partial charge in [0.25, 0.3) is 11.8 Å². The minimum atomic E-state index is -1.39. The molecule has 4 rings (SSSR count). The van der Waals surface area contributed by atoms with Crippen molar-refractivity contribution >= 4 is 29.6 Å². The van der Waals surface area contributed by atoms with Gasteiger partial charge in [0, 0.05) is 39.0 Å². The van der Waals surface area contributed by atoms with E-state index < -0.39 is 73.3 Å². The number of aliphatic hydroxyl groups is 6. The molecule has 11 N–H and O–H groups in total. The van der Waals surface area contributed by atoms with Crippen molar-refractivity contribution in [1.82, 2.24) is 21.3 Å². The number of amides is 4. The van der Waals surface area contributed by atoms with Gasteiger partial charge in [0.2, 0.25) is 11.8 Å². The fraction of sp³-hybridized carbons (Fsp3) is 0.712. The third-order valence-electron chi connectivity index (χ3n) is 13.2. The monoisotopic (exact) mass is 1310 g/mol. The average Bonchev–Trinajstić information content (AvgIpc) is 1.11. The molecule has 4 amide bonds. The van der Waals surface area contributed by atoms with E-state index in [4.69, 9.17) is 75.8 Å². The first-order valence-electron chi connectivity index (χ1n) is 30.2. The topological polar surface area (TPSA) is 423 Å². The molecule has 91 heavy (non-hydrogen) atoms. The molecule has 2 saturated heterocycles. The summed E-state index contributed by atoms with van der Waals surface area (Å²) in [5, 5.41) is 79.6. The van der Waals surface area contributed by atoms with Gasteiger partial charge in [-0.2, -0.15) is 0 Å². The van der Waals surface area contributed by atoms with Gasteiger partial charge in [-0.25, -0.2) is 4.79 Å². The number of carbonyl (C=O) groups excluding carboxylic acids is 4. The minimum absolute atomic E-state index is 0.0495. The molecule has 0 unspecified atom stereocenters. The van der Waals surface area contributed by atoms with Crippen molar-refractivity contribution in [3.63, 3.8) is 0 Å². The Morgan fingerprint density at radius 2 is 0.703 bits per heavy atom. The zero-order chi connectivity index (χ0) is 65.9. The molecule has 2 aliphatic heterocycles. The second-order valence-electron chi connectivity index (χ2n) is 20.3. The molecular weight excluding hydrogens is 1210 g/mol. The minimum Gasteiger partial charge on any atom is -0.484 e. The molecule has 0 aliphatic carbocycles. The van der Waals surface area contributed by atoms with Crippen LogP contribution in [0.4, 0.5) is 0 Å². The normalized spacial score (nSPS) is 21.5. The molecule has 2 heterocycles. The summed E-state index contributed by atoms with van der Waals surface area (Å²) in [5.74, 6) is -1.82. The van der Waals surface area contributed by atoms with E-state index in [0.29, 0.717) is 89.6 Å². The van der Waals surface area contributed by atoms with E-state index >= 15 is 0 Å². The molecule has 32 nitrogen and oxygen atoms in total. The number of ether oxygens (including phenoxy) is 16. The predicted molar refractivity (Wildman–Crippen MR) is 316 cm³/mol. The summed E-state index contributed by atoms with van der Waals surface area (Å²) in [6.07, 6.45) is -11.2. The maximum atomic E-state index is 12.5. The lowest BCUT2D eigenvalue weighted by Crippen LogP contribution is -2.57. The first-order valence-corrected chi connectivity index (χ1v) is 30.2. The van der Waals surface area contributed by atoms with Crippen LogP contribution >= 0.6 is 0 Å². The number of carbonyl (C=O) groups is 5. The number of carboxylic acids is 1. The standard InChI is InChI=1S/C59H94N4O28/c1-40-51(68)53(70)55(72)58(90-40)86-33-31-80-15-9-60-47(64)7-13-76-19-23-82-27-29-84-25-21-78-17-11-62-49(66)38-88-45-5-3-42(4-6-45)43-35-44(57(74)75)37-46(36-43)89-39-50(67)63-12-18-79-22-26-85-30-28-83-24-20-77-14-8-48(65)61-10-16-81-32-34-87-59-56(73)54(71)52(69)41(2)91-59/h3-6,35-37,40-41,51-56,58-59,68-73H,7-34,38-39H2,1-2H3,(H,60,64)(H,61,65)(H,62,66)(H,63,67)(H,74,75)/t40-,41-,51-,52-,53+,54+,55+,56+,58+,59+/m0/s1. The number of benzene rings is 2. The SMILES string of the molecule is C[C@@H]1O[C@@H](OCCOCCNC(=O)CCOCCOCCOCCOCCNC(=O)COc2ccc(-c3cc(OCC(=O)NCCOCCOCCOCCOCCC(=O)NCCOCCO[C@@H]4O[C@@H](C)[C@H](O)[C@@H](O)[C@H]4O)cc(C(=O)O)c3)cc2)[C@H](O)[C@H](O)[C@H]1O. The molecule has 2 aliphatic rings. The Hall–Kier alpha value is -5.41. The summed E-state index contributed by atoms with van der Waals surface area (Å²) in [4.78, 5) is 60.8. The van der Waals surface area contributed by atoms with Gasteiger partial charge in [-0.1, -0.05) is 12.1 Å². The smallest absolute Gasteiger partial charge is 0.335 e. The Morgan fingerprint density at radius 1 is 0.374 bits per heavy atom. The Bertz CT molecular complexity index is 2310. The van der Waals surface area contributed by atoms with Crippen LogP contribution in [-0.2, 0) is 85.5 Å². The van der Waals surface area contributed by atoms with Crippen LogP contribution in [-0.4, -0.2) is 311 Å². The van der Waals surface area contributed by atoms with E-state index in [1.165, 1.54) is 12.1 Å². The summed E-state index contributed by atoms with van der Waals surface area (Å²) in [6.45, 7) is 9.16. The first kappa shape index (κ1) is 78.0. The first-order chi connectivity index (χ1) is 44.0. The molecule has 0 radical (unpaired) electrons. The molecule has 518 valence electrons. The summed E-state index contributed by atoms with van der Waals surface area (Å²) < 4.78 is 87.3. The lowest BCUT2D eigenvalue weighted by molar-refractivity contribution is -0.294. The Morgan fingerprint density at radius 3 is 1.08 bits per heavy atom. The number of aliphatic hydroxyl groups excluding tert-OH is 6. The number of nitrogens with one attached hydrogen (secondary N) is 4. The van der Waals surface area contributed by atoms with Gasteiger partial charge in [-0.3, -0.25) is 19.2 Å². The highest BCUT2D eigenvalue weighted by Crippen LogP contribution is 2.29. The van der Waals surface area contributed by atoms with Crippen LogP contribution in [0.25, 0.3) is 11.1 Å². The largest absolute Gasteiger partial charge is 0.484 e. The highest BCUT2D eigenvalue weighted by atomic mass is 16.7. The second kappa shape index (κ2) is 47.5. The van der Waals surface area contributed by atoms with E-state index in [9.17, 15) is 59.7 Å². The van der Waals surface area contributed by atoms with Crippen molar-refractivity contribution in [2.24, 2.45) is 0 Å². The quantitative estimate of drug-likeness (QED) is 0.0292. The summed E-state index contributed by atoms with van der Waals surface area (Å²) >= 11 is 0. The summed E-state index contributed by atoms with van der Waals surface area (Å²) in [7, 11) is 0. The van der Waals surface area contributed by atoms with Crippen LogP contribution in [0.3, 0.4) is 0 Å². The third kappa shape index (κ3) is 33.8. The van der Waals surface area contributed by atoms with Crippen molar-refractivity contribution in [1.29, 1.82) is 0 Å².